The number of nitrogens with zero attached hydrogens (tertiary/aromatic N) is 1. The van der Waals surface area contributed by atoms with Crippen LogP contribution in [-0.4, -0.2) is 32.2 Å². The van der Waals surface area contributed by atoms with Crippen LogP contribution in [0.5, 0.6) is 5.75 Å². The molecule has 0 unspecified atom stereocenters. The number of carbonyl (C=O) groups is 1. The summed E-state index contributed by atoms with van der Waals surface area (Å²) in [6, 6.07) is 9.49. The van der Waals surface area contributed by atoms with Gasteiger partial charge >= 0.3 is 5.97 Å². The number of rotatable bonds is 6. The molecule has 0 fully saturated rings. The van der Waals surface area contributed by atoms with E-state index in [0.29, 0.717) is 17.7 Å². The number of carbonyl (C=O) groups excluding carboxylic acids is 1. The van der Waals surface area contributed by atoms with Gasteiger partial charge in [-0.2, -0.15) is 0 Å². The molecule has 0 bridgehead atoms. The Morgan fingerprint density at radius 3 is 2.55 bits per heavy atom. The van der Waals surface area contributed by atoms with Gasteiger partial charge < -0.3 is 14.8 Å². The van der Waals surface area contributed by atoms with Crippen LogP contribution >= 0.6 is 0 Å². The largest absolute Gasteiger partial charge is 0.496 e. The Morgan fingerprint density at radius 1 is 1.14 bits per heavy atom. The van der Waals surface area contributed by atoms with E-state index < -0.39 is 0 Å². The third-order valence-electron chi connectivity index (χ3n) is 3.51. The summed E-state index contributed by atoms with van der Waals surface area (Å²) in [7, 11) is 4.77. The number of methoxy groups -OCH3 is 2. The van der Waals surface area contributed by atoms with Crippen LogP contribution in [0.4, 0.5) is 5.82 Å². The molecule has 0 aliphatic heterocycles. The van der Waals surface area contributed by atoms with Gasteiger partial charge in [-0.25, -0.2) is 9.78 Å². The minimum Gasteiger partial charge on any atom is -0.496 e. The number of benzene rings is 1. The lowest BCUT2D eigenvalue weighted by Gasteiger charge is -2.13. The molecule has 0 saturated carbocycles. The van der Waals surface area contributed by atoms with Crippen molar-refractivity contribution >= 4 is 11.8 Å². The van der Waals surface area contributed by atoms with E-state index in [0.717, 1.165) is 23.4 Å². The smallest absolute Gasteiger partial charge is 0.341 e. The van der Waals surface area contributed by atoms with Gasteiger partial charge in [0.2, 0.25) is 0 Å². The number of aryl methyl sites for hydroxylation is 2. The Balaban J connectivity index is 2.28. The summed E-state index contributed by atoms with van der Waals surface area (Å²) in [5.74, 6) is 1.00. The first kappa shape index (κ1) is 15.8. The first-order valence-corrected chi connectivity index (χ1v) is 7.07. The van der Waals surface area contributed by atoms with E-state index in [-0.39, 0.29) is 5.97 Å². The van der Waals surface area contributed by atoms with Gasteiger partial charge in [-0.05, 0) is 36.1 Å². The van der Waals surface area contributed by atoms with E-state index in [1.54, 1.807) is 19.4 Å². The SMILES string of the molecule is CNc1ncccc1CCc1cccc(OC)c1C(=O)OC. The van der Waals surface area contributed by atoms with Crippen molar-refractivity contribution in [1.82, 2.24) is 4.98 Å². The number of ether oxygens (including phenoxy) is 2. The molecule has 0 saturated heterocycles. The highest BCUT2D eigenvalue weighted by Gasteiger charge is 2.17. The molecule has 1 aromatic heterocycles. The molecule has 5 nitrogen and oxygen atoms in total. The molecule has 2 aromatic rings. The molecular weight excluding hydrogens is 280 g/mol. The standard InChI is InChI=1S/C17H20N2O3/c1-18-16-13(7-5-11-19-16)10-9-12-6-4-8-14(21-2)15(12)17(20)22-3/h4-8,11H,9-10H2,1-3H3,(H,18,19). The Morgan fingerprint density at radius 2 is 1.86 bits per heavy atom. The zero-order valence-corrected chi connectivity index (χ0v) is 13.1. The summed E-state index contributed by atoms with van der Waals surface area (Å²) >= 11 is 0. The van der Waals surface area contributed by atoms with Crippen LogP contribution in [0.1, 0.15) is 21.5 Å². The Kier molecular flexibility index (Phi) is 5.36. The fourth-order valence-electron chi connectivity index (χ4n) is 2.42. The maximum atomic E-state index is 12.0. The zero-order valence-electron chi connectivity index (χ0n) is 13.1. The minimum atomic E-state index is -0.382. The molecule has 0 spiro atoms. The molecule has 0 amide bonds. The molecule has 2 rings (SSSR count). The van der Waals surface area contributed by atoms with Gasteiger partial charge in [0.1, 0.15) is 17.1 Å². The quantitative estimate of drug-likeness (QED) is 0.831. The average Bonchev–Trinajstić information content (AvgIpc) is 2.58. The van der Waals surface area contributed by atoms with Crippen molar-refractivity contribution < 1.29 is 14.3 Å². The summed E-state index contributed by atoms with van der Waals surface area (Å²) in [6.45, 7) is 0. The summed E-state index contributed by atoms with van der Waals surface area (Å²) in [5, 5.41) is 3.08. The Bertz CT molecular complexity index is 656. The van der Waals surface area contributed by atoms with Gasteiger partial charge in [-0.1, -0.05) is 18.2 Å². The topological polar surface area (TPSA) is 60.5 Å². The van der Waals surface area contributed by atoms with Crippen molar-refractivity contribution in [3.05, 3.63) is 53.2 Å². The number of aromatic nitrogens is 1. The van der Waals surface area contributed by atoms with Crippen LogP contribution in [0, 0.1) is 0 Å². The highest BCUT2D eigenvalue weighted by atomic mass is 16.5. The highest BCUT2D eigenvalue weighted by molar-refractivity contribution is 5.94. The van der Waals surface area contributed by atoms with Gasteiger partial charge in [0.15, 0.2) is 0 Å². The molecular formula is C17H20N2O3. The summed E-state index contributed by atoms with van der Waals surface area (Å²) in [5.41, 5.74) is 2.49. The van der Waals surface area contributed by atoms with E-state index in [2.05, 4.69) is 10.3 Å². The van der Waals surface area contributed by atoms with Crippen LogP contribution < -0.4 is 10.1 Å². The number of anilines is 1. The molecule has 0 atom stereocenters. The normalized spacial score (nSPS) is 10.1. The van der Waals surface area contributed by atoms with E-state index in [1.807, 2.05) is 31.3 Å². The number of hydrogen-bond donors (Lipinski definition) is 1. The molecule has 5 heteroatoms. The number of hydrogen-bond acceptors (Lipinski definition) is 5. The summed E-state index contributed by atoms with van der Waals surface area (Å²) in [6.07, 6.45) is 3.21. The van der Waals surface area contributed by atoms with Crippen molar-refractivity contribution in [1.29, 1.82) is 0 Å². The van der Waals surface area contributed by atoms with Crippen LogP contribution in [0.15, 0.2) is 36.5 Å². The van der Waals surface area contributed by atoms with Crippen molar-refractivity contribution in [2.75, 3.05) is 26.6 Å². The second-order valence-corrected chi connectivity index (χ2v) is 4.75. The highest BCUT2D eigenvalue weighted by Crippen LogP contribution is 2.25. The first-order chi connectivity index (χ1) is 10.7. The van der Waals surface area contributed by atoms with Crippen LogP contribution in [0.25, 0.3) is 0 Å². The number of pyridine rings is 1. The molecule has 1 aromatic carbocycles. The van der Waals surface area contributed by atoms with Gasteiger partial charge in [0.05, 0.1) is 14.2 Å². The Labute approximate surface area is 130 Å². The maximum Gasteiger partial charge on any atom is 0.341 e. The third-order valence-corrected chi connectivity index (χ3v) is 3.51. The number of nitrogens with one attached hydrogen (secondary N) is 1. The van der Waals surface area contributed by atoms with E-state index in [9.17, 15) is 4.79 Å². The first-order valence-electron chi connectivity index (χ1n) is 7.07. The van der Waals surface area contributed by atoms with Crippen molar-refractivity contribution in [2.45, 2.75) is 12.8 Å². The molecule has 0 aliphatic rings. The Hall–Kier alpha value is -2.56. The second kappa shape index (κ2) is 7.45. The predicted molar refractivity (Wildman–Crippen MR) is 85.5 cm³/mol. The lowest BCUT2D eigenvalue weighted by atomic mass is 9.99. The second-order valence-electron chi connectivity index (χ2n) is 4.75. The van der Waals surface area contributed by atoms with Crippen molar-refractivity contribution in [3.8, 4) is 5.75 Å². The van der Waals surface area contributed by atoms with Gasteiger partial charge in [0, 0.05) is 13.2 Å². The van der Waals surface area contributed by atoms with Gasteiger partial charge in [-0.3, -0.25) is 0 Å². The summed E-state index contributed by atoms with van der Waals surface area (Å²) in [4.78, 5) is 16.3. The van der Waals surface area contributed by atoms with Gasteiger partial charge in [-0.15, -0.1) is 0 Å². The monoisotopic (exact) mass is 300 g/mol. The van der Waals surface area contributed by atoms with E-state index >= 15 is 0 Å². The van der Waals surface area contributed by atoms with Gasteiger partial charge in [0.25, 0.3) is 0 Å². The predicted octanol–water partition coefficient (Wildman–Crippen LogP) is 2.70. The van der Waals surface area contributed by atoms with Crippen molar-refractivity contribution in [2.24, 2.45) is 0 Å². The molecule has 0 aliphatic carbocycles. The molecule has 0 radical (unpaired) electrons. The number of esters is 1. The van der Waals surface area contributed by atoms with E-state index in [4.69, 9.17) is 9.47 Å². The molecule has 1 heterocycles. The fraction of sp³-hybridized carbons (Fsp3) is 0.294. The van der Waals surface area contributed by atoms with Crippen LogP contribution in [-0.2, 0) is 17.6 Å². The lowest BCUT2D eigenvalue weighted by molar-refractivity contribution is 0.0596. The maximum absolute atomic E-state index is 12.0. The van der Waals surface area contributed by atoms with Crippen LogP contribution in [0.3, 0.4) is 0 Å². The van der Waals surface area contributed by atoms with Crippen molar-refractivity contribution in [3.63, 3.8) is 0 Å². The minimum absolute atomic E-state index is 0.382. The lowest BCUT2D eigenvalue weighted by Crippen LogP contribution is -2.09. The van der Waals surface area contributed by atoms with Crippen LogP contribution in [0.2, 0.25) is 0 Å². The average molecular weight is 300 g/mol. The molecule has 1 N–H and O–H groups in total. The molecule has 116 valence electrons. The third kappa shape index (κ3) is 3.36. The molecule has 22 heavy (non-hydrogen) atoms. The fourth-order valence-corrected chi connectivity index (χ4v) is 2.42. The summed E-state index contributed by atoms with van der Waals surface area (Å²) < 4.78 is 10.2. The zero-order chi connectivity index (χ0) is 15.9. The van der Waals surface area contributed by atoms with E-state index in [1.165, 1.54) is 7.11 Å².